The van der Waals surface area contributed by atoms with E-state index in [9.17, 15) is 13.2 Å². The van der Waals surface area contributed by atoms with Gasteiger partial charge in [-0.1, -0.05) is 12.1 Å². The summed E-state index contributed by atoms with van der Waals surface area (Å²) < 4.78 is 41.0. The van der Waals surface area contributed by atoms with Crippen molar-refractivity contribution in [3.05, 3.63) is 29.8 Å². The molecule has 14 heavy (non-hydrogen) atoms. The van der Waals surface area contributed by atoms with Crippen LogP contribution in [0.25, 0.3) is 0 Å². The maximum absolute atomic E-state index is 12.1. The van der Waals surface area contributed by atoms with E-state index >= 15 is 0 Å². The van der Waals surface area contributed by atoms with Gasteiger partial charge in [-0.3, -0.25) is 0 Å². The van der Waals surface area contributed by atoms with Gasteiger partial charge >= 0.3 is 6.18 Å². The molecule has 1 atom stereocenters. The van der Waals surface area contributed by atoms with E-state index in [1.807, 2.05) is 0 Å². The number of benzene rings is 1. The Morgan fingerprint density at radius 3 is 2.50 bits per heavy atom. The molecule has 0 fully saturated rings. The second-order valence-corrected chi connectivity index (χ2v) is 2.72. The Balaban J connectivity index is 2.95. The molecule has 0 aromatic heterocycles. The van der Waals surface area contributed by atoms with Crippen LogP contribution in [-0.2, 0) is 0 Å². The second kappa shape index (κ2) is 3.88. The van der Waals surface area contributed by atoms with Gasteiger partial charge in [0.2, 0.25) is 0 Å². The normalized spacial score (nSPS) is 13.8. The summed E-state index contributed by atoms with van der Waals surface area (Å²) in [6.45, 7) is 0. The number of ether oxygens (including phenoxy) is 1. The minimum absolute atomic E-state index is 0.225. The van der Waals surface area contributed by atoms with Crippen LogP contribution in [0.4, 0.5) is 13.2 Å². The Hall–Kier alpha value is -1.23. The van der Waals surface area contributed by atoms with Gasteiger partial charge in [0.15, 0.2) is 6.10 Å². The minimum atomic E-state index is -4.65. The van der Waals surface area contributed by atoms with Crippen molar-refractivity contribution < 1.29 is 23.0 Å². The van der Waals surface area contributed by atoms with Gasteiger partial charge in [0.25, 0.3) is 0 Å². The summed E-state index contributed by atoms with van der Waals surface area (Å²) in [5.74, 6) is 0.283. The molecule has 0 heterocycles. The monoisotopic (exact) mass is 206 g/mol. The fraction of sp³-hybridized carbons (Fsp3) is 0.333. The maximum Gasteiger partial charge on any atom is 0.418 e. The molecule has 0 aliphatic carbocycles. The Morgan fingerprint density at radius 1 is 1.36 bits per heavy atom. The first kappa shape index (κ1) is 10.8. The van der Waals surface area contributed by atoms with Crippen LogP contribution in [0.3, 0.4) is 0 Å². The van der Waals surface area contributed by atoms with Crippen LogP contribution in [0, 0.1) is 0 Å². The minimum Gasteiger partial charge on any atom is -0.497 e. The maximum atomic E-state index is 12.1. The van der Waals surface area contributed by atoms with Crippen LogP contribution in [-0.4, -0.2) is 18.4 Å². The van der Waals surface area contributed by atoms with Gasteiger partial charge in [0, 0.05) is 0 Å². The highest BCUT2D eigenvalue weighted by molar-refractivity contribution is 5.30. The Morgan fingerprint density at radius 2 is 2.00 bits per heavy atom. The first-order valence-electron chi connectivity index (χ1n) is 3.84. The van der Waals surface area contributed by atoms with E-state index in [1.165, 1.54) is 25.3 Å². The molecule has 78 valence electrons. The molecule has 0 saturated heterocycles. The number of aliphatic hydroxyl groups excluding tert-OH is 1. The second-order valence-electron chi connectivity index (χ2n) is 2.72. The predicted octanol–water partition coefficient (Wildman–Crippen LogP) is 2.29. The Labute approximate surface area is 78.9 Å². The molecule has 0 radical (unpaired) electrons. The highest BCUT2D eigenvalue weighted by Crippen LogP contribution is 2.33. The lowest BCUT2D eigenvalue weighted by molar-refractivity contribution is -0.206. The van der Waals surface area contributed by atoms with Crippen molar-refractivity contribution in [1.82, 2.24) is 0 Å². The van der Waals surface area contributed by atoms with Crippen molar-refractivity contribution in [2.24, 2.45) is 0 Å². The van der Waals surface area contributed by atoms with E-state index in [1.54, 1.807) is 0 Å². The average Bonchev–Trinajstić information content (AvgIpc) is 2.15. The summed E-state index contributed by atoms with van der Waals surface area (Å²) in [5, 5.41) is 8.90. The van der Waals surface area contributed by atoms with Crippen LogP contribution in [0.5, 0.6) is 5.75 Å². The van der Waals surface area contributed by atoms with Crippen LogP contribution < -0.4 is 4.74 Å². The van der Waals surface area contributed by atoms with E-state index in [-0.39, 0.29) is 11.3 Å². The van der Waals surface area contributed by atoms with Gasteiger partial charge in [-0.25, -0.2) is 0 Å². The number of hydrogen-bond acceptors (Lipinski definition) is 2. The standard InChI is InChI=1S/C9H9F3O2/c1-14-7-4-2-3-6(5-7)8(13)9(10,11)12/h2-5,8,13H,1H3/t8-/m0/s1. The molecule has 0 unspecified atom stereocenters. The zero-order valence-electron chi connectivity index (χ0n) is 7.38. The van der Waals surface area contributed by atoms with E-state index in [2.05, 4.69) is 0 Å². The van der Waals surface area contributed by atoms with Crippen molar-refractivity contribution in [3.8, 4) is 5.75 Å². The van der Waals surface area contributed by atoms with Crippen molar-refractivity contribution in [1.29, 1.82) is 0 Å². The first-order chi connectivity index (χ1) is 6.45. The molecule has 1 aromatic carbocycles. The summed E-state index contributed by atoms with van der Waals surface area (Å²) in [5.41, 5.74) is -0.225. The van der Waals surface area contributed by atoms with E-state index in [0.717, 1.165) is 6.07 Å². The molecule has 1 N–H and O–H groups in total. The van der Waals surface area contributed by atoms with Gasteiger partial charge in [-0.05, 0) is 17.7 Å². The van der Waals surface area contributed by atoms with Crippen molar-refractivity contribution in [3.63, 3.8) is 0 Å². The van der Waals surface area contributed by atoms with Crippen LogP contribution in [0.1, 0.15) is 11.7 Å². The molecule has 1 rings (SSSR count). The van der Waals surface area contributed by atoms with Crippen LogP contribution >= 0.6 is 0 Å². The van der Waals surface area contributed by atoms with E-state index < -0.39 is 12.3 Å². The summed E-state index contributed by atoms with van der Waals surface area (Å²) >= 11 is 0. The average molecular weight is 206 g/mol. The lowest BCUT2D eigenvalue weighted by Gasteiger charge is -2.15. The molecule has 2 nitrogen and oxygen atoms in total. The van der Waals surface area contributed by atoms with Gasteiger partial charge in [0.05, 0.1) is 7.11 Å². The van der Waals surface area contributed by atoms with Gasteiger partial charge in [-0.2, -0.15) is 13.2 Å². The summed E-state index contributed by atoms with van der Waals surface area (Å²) in [6.07, 6.45) is -7.11. The number of hydrogen-bond donors (Lipinski definition) is 1. The number of methoxy groups -OCH3 is 1. The summed E-state index contributed by atoms with van der Waals surface area (Å²) in [4.78, 5) is 0. The van der Waals surface area contributed by atoms with Crippen molar-refractivity contribution in [2.75, 3.05) is 7.11 Å². The Bertz CT molecular complexity index is 309. The third kappa shape index (κ3) is 2.38. The van der Waals surface area contributed by atoms with Crippen LogP contribution in [0.15, 0.2) is 24.3 Å². The number of halogens is 3. The number of aliphatic hydroxyl groups is 1. The molecular weight excluding hydrogens is 197 g/mol. The fourth-order valence-electron chi connectivity index (χ4n) is 1.00. The highest BCUT2D eigenvalue weighted by Gasteiger charge is 2.39. The molecule has 0 aliphatic rings. The molecule has 0 amide bonds. The van der Waals surface area contributed by atoms with Gasteiger partial charge in [0.1, 0.15) is 5.75 Å². The summed E-state index contributed by atoms with van der Waals surface area (Å²) in [6, 6.07) is 5.24. The molecule has 0 aliphatic heterocycles. The quantitative estimate of drug-likeness (QED) is 0.804. The number of alkyl halides is 3. The van der Waals surface area contributed by atoms with Crippen molar-refractivity contribution in [2.45, 2.75) is 12.3 Å². The molecule has 0 spiro atoms. The van der Waals surface area contributed by atoms with E-state index in [4.69, 9.17) is 9.84 Å². The van der Waals surface area contributed by atoms with Gasteiger partial charge in [-0.15, -0.1) is 0 Å². The topological polar surface area (TPSA) is 29.5 Å². The lowest BCUT2D eigenvalue weighted by atomic mass is 10.1. The molecular formula is C9H9F3O2. The molecule has 5 heteroatoms. The highest BCUT2D eigenvalue weighted by atomic mass is 19.4. The SMILES string of the molecule is COc1cccc([C@H](O)C(F)(F)F)c1. The smallest absolute Gasteiger partial charge is 0.418 e. The third-order valence-corrected chi connectivity index (χ3v) is 1.72. The Kier molecular flexibility index (Phi) is 3.00. The first-order valence-corrected chi connectivity index (χ1v) is 3.84. The molecule has 1 aromatic rings. The van der Waals surface area contributed by atoms with Gasteiger partial charge < -0.3 is 9.84 Å². The third-order valence-electron chi connectivity index (χ3n) is 1.72. The van der Waals surface area contributed by atoms with Crippen molar-refractivity contribution >= 4 is 0 Å². The predicted molar refractivity (Wildman–Crippen MR) is 44.0 cm³/mol. The largest absolute Gasteiger partial charge is 0.497 e. The fourth-order valence-corrected chi connectivity index (χ4v) is 1.00. The number of rotatable bonds is 2. The zero-order valence-corrected chi connectivity index (χ0v) is 7.38. The molecule has 0 bridgehead atoms. The van der Waals surface area contributed by atoms with E-state index in [0.29, 0.717) is 0 Å². The van der Waals surface area contributed by atoms with Crippen LogP contribution in [0.2, 0.25) is 0 Å². The lowest BCUT2D eigenvalue weighted by Crippen LogP contribution is -2.20. The summed E-state index contributed by atoms with van der Waals surface area (Å²) in [7, 11) is 1.35. The molecule has 0 saturated carbocycles. The zero-order chi connectivity index (χ0) is 10.8.